The molecule has 0 aliphatic heterocycles. The highest BCUT2D eigenvalue weighted by Crippen LogP contribution is 2.25. The fourth-order valence-corrected chi connectivity index (χ4v) is 2.35. The number of benzene rings is 2. The average molecular weight is 292 g/mol. The van der Waals surface area contributed by atoms with Crippen molar-refractivity contribution in [1.29, 1.82) is 0 Å². The highest BCUT2D eigenvalue weighted by atomic mass is 16.4. The van der Waals surface area contributed by atoms with Gasteiger partial charge in [-0.1, -0.05) is 36.4 Å². The van der Waals surface area contributed by atoms with Gasteiger partial charge >= 0.3 is 5.97 Å². The van der Waals surface area contributed by atoms with E-state index in [0.717, 1.165) is 22.5 Å². The van der Waals surface area contributed by atoms with E-state index in [9.17, 15) is 9.90 Å². The molecule has 3 rings (SSSR count). The molecule has 22 heavy (non-hydrogen) atoms. The van der Waals surface area contributed by atoms with Crippen LogP contribution in [-0.2, 0) is 0 Å². The van der Waals surface area contributed by atoms with Gasteiger partial charge in [-0.25, -0.2) is 9.48 Å². The van der Waals surface area contributed by atoms with Crippen LogP contribution in [0.5, 0.6) is 0 Å². The van der Waals surface area contributed by atoms with E-state index in [0.29, 0.717) is 0 Å². The standard InChI is InChI=1S/C18H16N2O2/c1-12-8-9-15(10-13(12)2)20-17(11-16(19-20)18(21)22)14-6-4-3-5-7-14/h3-11H,1-2H3,(H,21,22). The van der Waals surface area contributed by atoms with Crippen LogP contribution in [-0.4, -0.2) is 20.9 Å². The molecule has 2 aromatic carbocycles. The highest BCUT2D eigenvalue weighted by Gasteiger charge is 2.16. The molecule has 4 heteroatoms. The predicted molar refractivity (Wildman–Crippen MR) is 85.4 cm³/mol. The number of nitrogens with zero attached hydrogens (tertiary/aromatic N) is 2. The van der Waals surface area contributed by atoms with Gasteiger partial charge in [0, 0.05) is 5.56 Å². The Morgan fingerprint density at radius 2 is 1.73 bits per heavy atom. The molecule has 0 fully saturated rings. The van der Waals surface area contributed by atoms with Crippen molar-refractivity contribution in [3.8, 4) is 16.9 Å². The number of aryl methyl sites for hydroxylation is 2. The molecule has 0 aliphatic rings. The molecular weight excluding hydrogens is 276 g/mol. The van der Waals surface area contributed by atoms with Gasteiger partial charge in [0.15, 0.2) is 5.69 Å². The minimum atomic E-state index is -1.03. The number of aromatic nitrogens is 2. The summed E-state index contributed by atoms with van der Waals surface area (Å²) < 4.78 is 1.69. The van der Waals surface area contributed by atoms with Crippen molar-refractivity contribution in [2.24, 2.45) is 0 Å². The number of rotatable bonds is 3. The van der Waals surface area contributed by atoms with Crippen LogP contribution in [0.25, 0.3) is 16.9 Å². The third kappa shape index (κ3) is 2.51. The first kappa shape index (κ1) is 14.1. The van der Waals surface area contributed by atoms with Gasteiger partial charge in [-0.3, -0.25) is 0 Å². The van der Waals surface area contributed by atoms with Crippen LogP contribution in [0.2, 0.25) is 0 Å². The maximum atomic E-state index is 11.3. The Hall–Kier alpha value is -2.88. The summed E-state index contributed by atoms with van der Waals surface area (Å²) in [4.78, 5) is 11.3. The summed E-state index contributed by atoms with van der Waals surface area (Å²) in [5.74, 6) is -1.03. The van der Waals surface area contributed by atoms with Crippen molar-refractivity contribution >= 4 is 5.97 Å². The fourth-order valence-electron chi connectivity index (χ4n) is 2.35. The molecule has 1 heterocycles. The number of aromatic carboxylic acids is 1. The molecule has 0 saturated carbocycles. The molecule has 0 radical (unpaired) electrons. The Kier molecular flexibility index (Phi) is 3.51. The van der Waals surface area contributed by atoms with Crippen LogP contribution in [0.15, 0.2) is 54.6 Å². The highest BCUT2D eigenvalue weighted by molar-refractivity contribution is 5.87. The molecule has 3 aromatic rings. The van der Waals surface area contributed by atoms with Gasteiger partial charge in [0.25, 0.3) is 0 Å². The number of carboxylic acid groups (broad SMARTS) is 1. The van der Waals surface area contributed by atoms with Gasteiger partial charge in [0.1, 0.15) is 0 Å². The number of hydrogen-bond donors (Lipinski definition) is 1. The lowest BCUT2D eigenvalue weighted by atomic mass is 10.1. The van der Waals surface area contributed by atoms with Crippen molar-refractivity contribution in [2.45, 2.75) is 13.8 Å². The summed E-state index contributed by atoms with van der Waals surface area (Å²) in [6.07, 6.45) is 0. The van der Waals surface area contributed by atoms with Gasteiger partial charge in [-0.2, -0.15) is 5.10 Å². The number of carboxylic acids is 1. The van der Waals surface area contributed by atoms with E-state index in [1.165, 1.54) is 5.56 Å². The summed E-state index contributed by atoms with van der Waals surface area (Å²) in [7, 11) is 0. The Bertz CT molecular complexity index is 836. The quantitative estimate of drug-likeness (QED) is 0.797. The zero-order chi connectivity index (χ0) is 15.7. The van der Waals surface area contributed by atoms with Crippen LogP contribution in [0.3, 0.4) is 0 Å². The van der Waals surface area contributed by atoms with E-state index in [2.05, 4.69) is 5.10 Å². The fraction of sp³-hybridized carbons (Fsp3) is 0.111. The zero-order valence-corrected chi connectivity index (χ0v) is 12.4. The largest absolute Gasteiger partial charge is 0.476 e. The van der Waals surface area contributed by atoms with Crippen molar-refractivity contribution in [2.75, 3.05) is 0 Å². The maximum Gasteiger partial charge on any atom is 0.356 e. The minimum absolute atomic E-state index is 0.0390. The Morgan fingerprint density at radius 3 is 2.36 bits per heavy atom. The molecule has 0 amide bonds. The number of hydrogen-bond acceptors (Lipinski definition) is 2. The van der Waals surface area contributed by atoms with Crippen molar-refractivity contribution in [3.05, 3.63) is 71.4 Å². The van der Waals surface area contributed by atoms with Gasteiger partial charge in [0.2, 0.25) is 0 Å². The summed E-state index contributed by atoms with van der Waals surface area (Å²) in [6.45, 7) is 4.08. The lowest BCUT2D eigenvalue weighted by Gasteiger charge is -2.09. The second-order valence-electron chi connectivity index (χ2n) is 5.27. The smallest absolute Gasteiger partial charge is 0.356 e. The third-order valence-corrected chi connectivity index (χ3v) is 3.73. The molecule has 0 unspecified atom stereocenters. The molecule has 1 N–H and O–H groups in total. The first-order valence-electron chi connectivity index (χ1n) is 7.02. The molecular formula is C18H16N2O2. The molecule has 110 valence electrons. The summed E-state index contributed by atoms with van der Waals surface area (Å²) in [6, 6.07) is 17.3. The lowest BCUT2D eigenvalue weighted by Crippen LogP contribution is -2.03. The number of carbonyl (C=O) groups is 1. The normalized spacial score (nSPS) is 10.6. The van der Waals surface area contributed by atoms with E-state index in [1.807, 2.05) is 62.4 Å². The third-order valence-electron chi connectivity index (χ3n) is 3.73. The van der Waals surface area contributed by atoms with Crippen LogP contribution >= 0.6 is 0 Å². The van der Waals surface area contributed by atoms with Gasteiger partial charge in [-0.15, -0.1) is 0 Å². The van der Waals surface area contributed by atoms with E-state index in [-0.39, 0.29) is 5.69 Å². The summed E-state index contributed by atoms with van der Waals surface area (Å²) >= 11 is 0. The second-order valence-corrected chi connectivity index (χ2v) is 5.27. The Morgan fingerprint density at radius 1 is 1.00 bits per heavy atom. The van der Waals surface area contributed by atoms with Gasteiger partial charge in [0.05, 0.1) is 11.4 Å². The first-order chi connectivity index (χ1) is 10.6. The van der Waals surface area contributed by atoms with E-state index in [1.54, 1.807) is 10.7 Å². The van der Waals surface area contributed by atoms with E-state index < -0.39 is 5.97 Å². The average Bonchev–Trinajstić information content (AvgIpc) is 2.96. The van der Waals surface area contributed by atoms with E-state index >= 15 is 0 Å². The van der Waals surface area contributed by atoms with Crippen molar-refractivity contribution in [3.63, 3.8) is 0 Å². The predicted octanol–water partition coefficient (Wildman–Crippen LogP) is 3.85. The second kappa shape index (κ2) is 5.48. The summed E-state index contributed by atoms with van der Waals surface area (Å²) in [5, 5.41) is 13.5. The molecule has 1 aromatic heterocycles. The monoisotopic (exact) mass is 292 g/mol. The zero-order valence-electron chi connectivity index (χ0n) is 12.4. The molecule has 0 atom stereocenters. The maximum absolute atomic E-state index is 11.3. The molecule has 4 nitrogen and oxygen atoms in total. The summed E-state index contributed by atoms with van der Waals surface area (Å²) in [5.41, 5.74) is 4.92. The van der Waals surface area contributed by atoms with Gasteiger partial charge < -0.3 is 5.11 Å². The van der Waals surface area contributed by atoms with Gasteiger partial charge in [-0.05, 0) is 43.2 Å². The van der Waals surface area contributed by atoms with Crippen molar-refractivity contribution in [1.82, 2.24) is 9.78 Å². The molecule has 0 bridgehead atoms. The van der Waals surface area contributed by atoms with E-state index in [4.69, 9.17) is 0 Å². The van der Waals surface area contributed by atoms with Crippen LogP contribution < -0.4 is 0 Å². The Labute approximate surface area is 128 Å². The first-order valence-corrected chi connectivity index (χ1v) is 7.02. The van der Waals surface area contributed by atoms with Crippen LogP contribution in [0.1, 0.15) is 21.6 Å². The topological polar surface area (TPSA) is 55.1 Å². The van der Waals surface area contributed by atoms with Crippen LogP contribution in [0, 0.1) is 13.8 Å². The van der Waals surface area contributed by atoms with Crippen LogP contribution in [0.4, 0.5) is 0 Å². The lowest BCUT2D eigenvalue weighted by molar-refractivity contribution is 0.0690. The SMILES string of the molecule is Cc1ccc(-n2nc(C(=O)O)cc2-c2ccccc2)cc1C. The molecule has 0 spiro atoms. The Balaban J connectivity index is 2.21. The molecule has 0 saturated heterocycles. The van der Waals surface area contributed by atoms with Crippen molar-refractivity contribution < 1.29 is 9.90 Å². The molecule has 0 aliphatic carbocycles. The minimum Gasteiger partial charge on any atom is -0.476 e.